The molecule has 0 heterocycles. The Labute approximate surface area is 74.0 Å². The van der Waals surface area contributed by atoms with E-state index in [1.807, 2.05) is 0 Å². The lowest BCUT2D eigenvalue weighted by Gasteiger charge is -2.03. The normalized spacial score (nSPS) is 10.1. The van der Waals surface area contributed by atoms with Crippen LogP contribution in [0, 0.1) is 0 Å². The molecule has 0 aromatic rings. The van der Waals surface area contributed by atoms with Crippen molar-refractivity contribution in [3.63, 3.8) is 0 Å². The number of unbranched alkanes of at least 4 members (excludes halogenated alkanes) is 1. The summed E-state index contributed by atoms with van der Waals surface area (Å²) >= 11 is 0. The van der Waals surface area contributed by atoms with E-state index in [0.29, 0.717) is 26.2 Å². The van der Waals surface area contributed by atoms with Gasteiger partial charge in [-0.05, 0) is 6.42 Å². The van der Waals surface area contributed by atoms with Gasteiger partial charge in [-0.25, -0.2) is 0 Å². The number of carbonyl (C=O) groups is 1. The lowest BCUT2D eigenvalue weighted by atomic mass is 10.4. The van der Waals surface area contributed by atoms with Crippen molar-refractivity contribution in [2.24, 2.45) is 0 Å². The molecule has 0 N–H and O–H groups in total. The van der Waals surface area contributed by atoms with Gasteiger partial charge in [-0.15, -0.1) is 0 Å². The Morgan fingerprint density at radius 1 is 1.08 bits per heavy atom. The second-order valence-electron chi connectivity index (χ2n) is 2.53. The summed E-state index contributed by atoms with van der Waals surface area (Å²) in [5.41, 5.74) is 0. The van der Waals surface area contributed by atoms with Gasteiger partial charge in [-0.1, -0.05) is 13.3 Å². The predicted molar refractivity (Wildman–Crippen MR) is 47.2 cm³/mol. The molecule has 0 aliphatic rings. The van der Waals surface area contributed by atoms with Crippen molar-refractivity contribution in [2.75, 3.05) is 26.4 Å². The van der Waals surface area contributed by atoms with Gasteiger partial charge in [0.1, 0.15) is 6.29 Å². The summed E-state index contributed by atoms with van der Waals surface area (Å²) in [5, 5.41) is 0. The Bertz CT molecular complexity index is 93.8. The molecule has 0 bridgehead atoms. The maximum atomic E-state index is 9.87. The molecule has 0 spiro atoms. The summed E-state index contributed by atoms with van der Waals surface area (Å²) in [5.74, 6) is 0. The summed E-state index contributed by atoms with van der Waals surface area (Å²) < 4.78 is 10.3. The minimum Gasteiger partial charge on any atom is -0.379 e. The van der Waals surface area contributed by atoms with Gasteiger partial charge >= 0.3 is 0 Å². The van der Waals surface area contributed by atoms with Crippen LogP contribution in [0.3, 0.4) is 0 Å². The van der Waals surface area contributed by atoms with Crippen molar-refractivity contribution in [3.05, 3.63) is 0 Å². The molecule has 0 radical (unpaired) electrons. The number of aldehydes is 1. The predicted octanol–water partition coefficient (Wildman–Crippen LogP) is 1.41. The van der Waals surface area contributed by atoms with Gasteiger partial charge in [-0.2, -0.15) is 0 Å². The van der Waals surface area contributed by atoms with Gasteiger partial charge < -0.3 is 14.3 Å². The molecule has 0 amide bonds. The second-order valence-corrected chi connectivity index (χ2v) is 2.53. The largest absolute Gasteiger partial charge is 0.379 e. The highest BCUT2D eigenvalue weighted by atomic mass is 16.5. The first-order chi connectivity index (χ1) is 5.91. The van der Waals surface area contributed by atoms with E-state index < -0.39 is 0 Å². The molecule has 3 nitrogen and oxygen atoms in total. The minimum absolute atomic E-state index is 0.481. The van der Waals surface area contributed by atoms with Crippen molar-refractivity contribution in [3.8, 4) is 0 Å². The summed E-state index contributed by atoms with van der Waals surface area (Å²) in [6.45, 7) is 4.69. The van der Waals surface area contributed by atoms with Crippen LogP contribution in [0.5, 0.6) is 0 Å². The average Bonchev–Trinajstić information content (AvgIpc) is 2.10. The maximum absolute atomic E-state index is 9.87. The maximum Gasteiger partial charge on any atom is 0.122 e. The molecule has 0 aliphatic carbocycles. The van der Waals surface area contributed by atoms with Crippen molar-refractivity contribution in [1.29, 1.82) is 0 Å². The Hall–Kier alpha value is -0.410. The van der Waals surface area contributed by atoms with Crippen LogP contribution in [-0.2, 0) is 14.3 Å². The first-order valence-electron chi connectivity index (χ1n) is 4.51. The van der Waals surface area contributed by atoms with Gasteiger partial charge in [0.15, 0.2) is 0 Å². The molecule has 3 heteroatoms. The Morgan fingerprint density at radius 3 is 2.33 bits per heavy atom. The summed E-state index contributed by atoms with van der Waals surface area (Å²) in [6.07, 6.45) is 3.60. The fourth-order valence-electron chi connectivity index (χ4n) is 0.700. The fourth-order valence-corrected chi connectivity index (χ4v) is 0.700. The highest BCUT2D eigenvalue weighted by Gasteiger charge is 1.88. The molecule has 0 aliphatic heterocycles. The van der Waals surface area contributed by atoms with Crippen LogP contribution in [0.1, 0.15) is 26.2 Å². The summed E-state index contributed by atoms with van der Waals surface area (Å²) in [7, 11) is 0. The molecule has 0 saturated carbocycles. The molecule has 12 heavy (non-hydrogen) atoms. The van der Waals surface area contributed by atoms with Crippen molar-refractivity contribution in [1.82, 2.24) is 0 Å². The molecule has 0 rings (SSSR count). The molecular weight excluding hydrogens is 156 g/mol. The molecule has 0 unspecified atom stereocenters. The van der Waals surface area contributed by atoms with E-state index in [1.54, 1.807) is 0 Å². The molecule has 0 aromatic carbocycles. The van der Waals surface area contributed by atoms with Gasteiger partial charge in [0.05, 0.1) is 19.8 Å². The third-order valence-electron chi connectivity index (χ3n) is 1.39. The smallest absolute Gasteiger partial charge is 0.122 e. The first kappa shape index (κ1) is 11.6. The van der Waals surface area contributed by atoms with E-state index >= 15 is 0 Å². The van der Waals surface area contributed by atoms with Gasteiger partial charge in [0, 0.05) is 13.0 Å². The van der Waals surface area contributed by atoms with Crippen LogP contribution >= 0.6 is 0 Å². The van der Waals surface area contributed by atoms with Gasteiger partial charge in [0.25, 0.3) is 0 Å². The number of carbonyl (C=O) groups excluding carboxylic acids is 1. The standard InChI is InChI=1S/C9H18O3/c1-2-3-6-11-8-9-12-7-4-5-10/h5H,2-4,6-9H2,1H3. The van der Waals surface area contributed by atoms with E-state index in [1.165, 1.54) is 0 Å². The summed E-state index contributed by atoms with van der Waals surface area (Å²) in [6, 6.07) is 0. The van der Waals surface area contributed by atoms with Crippen LogP contribution in [0.15, 0.2) is 0 Å². The van der Waals surface area contributed by atoms with Crippen molar-refractivity contribution < 1.29 is 14.3 Å². The number of rotatable bonds is 9. The zero-order valence-corrected chi connectivity index (χ0v) is 7.75. The second kappa shape index (κ2) is 10.6. The highest BCUT2D eigenvalue weighted by Crippen LogP contribution is 1.87. The fraction of sp³-hybridized carbons (Fsp3) is 0.889. The topological polar surface area (TPSA) is 35.5 Å². The molecule has 0 atom stereocenters. The zero-order valence-electron chi connectivity index (χ0n) is 7.75. The van der Waals surface area contributed by atoms with E-state index in [9.17, 15) is 4.79 Å². The lowest BCUT2D eigenvalue weighted by Crippen LogP contribution is -2.06. The monoisotopic (exact) mass is 174 g/mol. The van der Waals surface area contributed by atoms with Crippen LogP contribution in [0.25, 0.3) is 0 Å². The Balaban J connectivity index is 2.77. The van der Waals surface area contributed by atoms with Crippen molar-refractivity contribution in [2.45, 2.75) is 26.2 Å². The Morgan fingerprint density at radius 2 is 1.75 bits per heavy atom. The van der Waals surface area contributed by atoms with E-state index in [4.69, 9.17) is 9.47 Å². The quantitative estimate of drug-likeness (QED) is 0.391. The van der Waals surface area contributed by atoms with Crippen LogP contribution in [0.4, 0.5) is 0 Å². The van der Waals surface area contributed by atoms with Gasteiger partial charge in [0.2, 0.25) is 0 Å². The lowest BCUT2D eigenvalue weighted by molar-refractivity contribution is -0.108. The average molecular weight is 174 g/mol. The van der Waals surface area contributed by atoms with E-state index in [0.717, 1.165) is 25.7 Å². The van der Waals surface area contributed by atoms with E-state index in [2.05, 4.69) is 6.92 Å². The zero-order chi connectivity index (χ0) is 9.07. The number of ether oxygens (including phenoxy) is 2. The van der Waals surface area contributed by atoms with Crippen LogP contribution < -0.4 is 0 Å². The number of hydrogen-bond donors (Lipinski definition) is 0. The molecule has 72 valence electrons. The Kier molecular flexibility index (Phi) is 10.2. The molecule has 0 saturated heterocycles. The van der Waals surface area contributed by atoms with Crippen molar-refractivity contribution >= 4 is 6.29 Å². The highest BCUT2D eigenvalue weighted by molar-refractivity contribution is 5.49. The third-order valence-corrected chi connectivity index (χ3v) is 1.39. The first-order valence-corrected chi connectivity index (χ1v) is 4.51. The number of hydrogen-bond acceptors (Lipinski definition) is 3. The summed E-state index contributed by atoms with van der Waals surface area (Å²) in [4.78, 5) is 9.87. The molecule has 0 fully saturated rings. The van der Waals surface area contributed by atoms with Crippen LogP contribution in [-0.4, -0.2) is 32.7 Å². The third kappa shape index (κ3) is 9.59. The van der Waals surface area contributed by atoms with E-state index in [-0.39, 0.29) is 0 Å². The SMILES string of the molecule is CCCCOCCOCCC=O. The van der Waals surface area contributed by atoms with Gasteiger partial charge in [-0.3, -0.25) is 0 Å². The molecule has 0 aromatic heterocycles. The molecular formula is C9H18O3. The minimum atomic E-state index is 0.481. The van der Waals surface area contributed by atoms with Crippen LogP contribution in [0.2, 0.25) is 0 Å².